The van der Waals surface area contributed by atoms with Gasteiger partial charge < -0.3 is 10.1 Å². The second-order valence-corrected chi connectivity index (χ2v) is 7.79. The van der Waals surface area contributed by atoms with Crippen LogP contribution in [-0.4, -0.2) is 19.2 Å². The zero-order valence-electron chi connectivity index (χ0n) is 15.3. The van der Waals surface area contributed by atoms with Gasteiger partial charge >= 0.3 is 6.09 Å². The lowest BCUT2D eigenvalue weighted by atomic mass is 9.98. The lowest BCUT2D eigenvalue weighted by Gasteiger charge is -2.14. The minimum Gasteiger partial charge on any atom is -0.449 e. The number of halogens is 1. The molecule has 0 aromatic heterocycles. The first-order valence-corrected chi connectivity index (χ1v) is 10.3. The van der Waals surface area contributed by atoms with E-state index in [2.05, 4.69) is 58.2 Å². The lowest BCUT2D eigenvalue weighted by Crippen LogP contribution is -2.26. The van der Waals surface area contributed by atoms with Gasteiger partial charge in [-0.3, -0.25) is 0 Å². The van der Waals surface area contributed by atoms with Crippen molar-refractivity contribution in [3.63, 3.8) is 0 Å². The molecular formula is C24H20INO2. The number of alkyl carbamates (subject to hydrolysis) is 1. The van der Waals surface area contributed by atoms with Crippen LogP contribution in [0.5, 0.6) is 0 Å². The highest BCUT2D eigenvalue weighted by atomic mass is 127. The summed E-state index contributed by atoms with van der Waals surface area (Å²) in [4.78, 5) is 12.1. The maximum atomic E-state index is 12.1. The third-order valence-electron chi connectivity index (χ3n) is 4.91. The molecule has 3 aromatic rings. The van der Waals surface area contributed by atoms with E-state index in [1.54, 1.807) is 0 Å². The number of carbonyl (C=O) groups is 1. The van der Waals surface area contributed by atoms with E-state index in [-0.39, 0.29) is 5.92 Å². The summed E-state index contributed by atoms with van der Waals surface area (Å²) < 4.78 is 6.71. The molecule has 1 aliphatic rings. The van der Waals surface area contributed by atoms with Crippen molar-refractivity contribution in [1.82, 2.24) is 5.32 Å². The van der Waals surface area contributed by atoms with Crippen LogP contribution in [0.1, 0.15) is 22.6 Å². The number of fused-ring (bicyclic) bond motifs is 3. The molecule has 3 nitrogen and oxygen atoms in total. The van der Waals surface area contributed by atoms with Crippen LogP contribution in [0, 0.1) is 3.57 Å². The zero-order chi connectivity index (χ0) is 19.3. The third-order valence-corrected chi connectivity index (χ3v) is 5.89. The first-order valence-electron chi connectivity index (χ1n) is 9.24. The summed E-state index contributed by atoms with van der Waals surface area (Å²) in [5.41, 5.74) is 6.03. The number of ether oxygens (including phenoxy) is 1. The normalized spacial score (nSPS) is 12.6. The summed E-state index contributed by atoms with van der Waals surface area (Å²) in [6.07, 6.45) is 3.54. The van der Waals surface area contributed by atoms with Gasteiger partial charge in [0.25, 0.3) is 0 Å². The Kier molecular flexibility index (Phi) is 5.76. The van der Waals surface area contributed by atoms with Crippen molar-refractivity contribution < 1.29 is 9.53 Å². The molecule has 1 N–H and O–H groups in total. The molecule has 0 aliphatic heterocycles. The van der Waals surface area contributed by atoms with Crippen molar-refractivity contribution in [1.29, 1.82) is 0 Å². The van der Waals surface area contributed by atoms with Gasteiger partial charge in [0.15, 0.2) is 0 Å². The minimum absolute atomic E-state index is 0.0830. The number of hydrogen-bond donors (Lipinski definition) is 1. The highest BCUT2D eigenvalue weighted by molar-refractivity contribution is 14.1. The standard InChI is InChI=1S/C24H20INO2/c25-23-14-6-1-8-17(23)9-7-15-26-24(27)28-16-22-20-12-4-2-10-18(20)19-11-3-5-13-21(19)22/h1-14,22H,15-16H2,(H,26,27). The Morgan fingerprint density at radius 2 is 1.54 bits per heavy atom. The second kappa shape index (κ2) is 8.61. The molecule has 4 rings (SSSR count). The van der Waals surface area contributed by atoms with Crippen LogP contribution < -0.4 is 5.32 Å². The predicted molar refractivity (Wildman–Crippen MR) is 121 cm³/mol. The Balaban J connectivity index is 1.35. The fourth-order valence-electron chi connectivity index (χ4n) is 3.59. The molecule has 0 spiro atoms. The molecule has 140 valence electrons. The van der Waals surface area contributed by atoms with Crippen molar-refractivity contribution >= 4 is 34.8 Å². The number of benzene rings is 3. The van der Waals surface area contributed by atoms with Crippen LogP contribution in [-0.2, 0) is 4.74 Å². The van der Waals surface area contributed by atoms with Gasteiger partial charge in [-0.2, -0.15) is 0 Å². The Labute approximate surface area is 178 Å². The molecule has 0 heterocycles. The van der Waals surface area contributed by atoms with Gasteiger partial charge in [-0.15, -0.1) is 0 Å². The van der Waals surface area contributed by atoms with E-state index in [0.717, 1.165) is 5.56 Å². The van der Waals surface area contributed by atoms with Crippen LogP contribution in [0.25, 0.3) is 17.2 Å². The number of nitrogens with one attached hydrogen (secondary N) is 1. The second-order valence-electron chi connectivity index (χ2n) is 6.63. The van der Waals surface area contributed by atoms with Crippen molar-refractivity contribution in [2.24, 2.45) is 0 Å². The van der Waals surface area contributed by atoms with E-state index in [1.165, 1.54) is 25.8 Å². The maximum Gasteiger partial charge on any atom is 0.407 e. The molecular weight excluding hydrogens is 461 g/mol. The number of rotatable bonds is 5. The summed E-state index contributed by atoms with van der Waals surface area (Å²) >= 11 is 2.30. The summed E-state index contributed by atoms with van der Waals surface area (Å²) in [6.45, 7) is 0.766. The van der Waals surface area contributed by atoms with E-state index in [0.29, 0.717) is 13.2 Å². The predicted octanol–water partition coefficient (Wildman–Crippen LogP) is 5.84. The van der Waals surface area contributed by atoms with Crippen LogP contribution >= 0.6 is 22.6 Å². The molecule has 0 radical (unpaired) electrons. The molecule has 0 saturated carbocycles. The van der Waals surface area contributed by atoms with E-state index in [4.69, 9.17) is 4.74 Å². The molecule has 0 saturated heterocycles. The Morgan fingerprint density at radius 1 is 0.929 bits per heavy atom. The van der Waals surface area contributed by atoms with Crippen LogP contribution in [0.2, 0.25) is 0 Å². The fraction of sp³-hybridized carbons (Fsp3) is 0.125. The molecule has 0 bridgehead atoms. The van der Waals surface area contributed by atoms with Gasteiger partial charge in [0.05, 0.1) is 0 Å². The Bertz CT molecular complexity index is 983. The number of carbonyl (C=O) groups excluding carboxylic acids is 1. The quantitative estimate of drug-likeness (QED) is 0.465. The van der Waals surface area contributed by atoms with Gasteiger partial charge in [0, 0.05) is 16.0 Å². The molecule has 1 amide bonds. The monoisotopic (exact) mass is 481 g/mol. The lowest BCUT2D eigenvalue weighted by molar-refractivity contribution is 0.144. The number of hydrogen-bond acceptors (Lipinski definition) is 2. The molecule has 0 unspecified atom stereocenters. The first kappa shape index (κ1) is 18.7. The smallest absolute Gasteiger partial charge is 0.407 e. The molecule has 0 atom stereocenters. The summed E-state index contributed by atoms with van der Waals surface area (Å²) in [5, 5.41) is 2.79. The largest absolute Gasteiger partial charge is 0.449 e. The molecule has 28 heavy (non-hydrogen) atoms. The van der Waals surface area contributed by atoms with Crippen molar-refractivity contribution in [3.05, 3.63) is 99.1 Å². The van der Waals surface area contributed by atoms with Crippen LogP contribution in [0.4, 0.5) is 4.79 Å². The Morgan fingerprint density at radius 3 is 2.21 bits per heavy atom. The topological polar surface area (TPSA) is 38.3 Å². The third kappa shape index (κ3) is 3.97. The van der Waals surface area contributed by atoms with Gasteiger partial charge in [0.2, 0.25) is 0 Å². The van der Waals surface area contributed by atoms with Crippen molar-refractivity contribution in [2.45, 2.75) is 5.92 Å². The number of amides is 1. The van der Waals surface area contributed by atoms with Crippen molar-refractivity contribution in [2.75, 3.05) is 13.2 Å². The van der Waals surface area contributed by atoms with E-state index < -0.39 is 6.09 Å². The average Bonchev–Trinajstić information content (AvgIpc) is 3.05. The molecule has 1 aliphatic carbocycles. The van der Waals surface area contributed by atoms with Gasteiger partial charge in [-0.05, 0) is 56.5 Å². The highest BCUT2D eigenvalue weighted by Crippen LogP contribution is 2.44. The van der Waals surface area contributed by atoms with Crippen LogP contribution in [0.15, 0.2) is 78.9 Å². The molecule has 0 fully saturated rings. The van der Waals surface area contributed by atoms with Crippen molar-refractivity contribution in [3.8, 4) is 11.1 Å². The van der Waals surface area contributed by atoms with E-state index in [9.17, 15) is 4.79 Å². The van der Waals surface area contributed by atoms with E-state index in [1.807, 2.05) is 54.6 Å². The maximum absolute atomic E-state index is 12.1. The summed E-state index contributed by atoms with van der Waals surface area (Å²) in [5.74, 6) is 0.0830. The molecule has 3 aromatic carbocycles. The fourth-order valence-corrected chi connectivity index (χ4v) is 4.16. The summed E-state index contributed by atoms with van der Waals surface area (Å²) in [6, 6.07) is 24.8. The zero-order valence-corrected chi connectivity index (χ0v) is 17.4. The van der Waals surface area contributed by atoms with E-state index >= 15 is 0 Å². The SMILES string of the molecule is O=C(NCC=Cc1ccccc1I)OCC1c2ccccc2-c2ccccc21. The molecule has 4 heteroatoms. The van der Waals surface area contributed by atoms with Gasteiger partial charge in [-0.25, -0.2) is 4.79 Å². The van der Waals surface area contributed by atoms with Crippen LogP contribution in [0.3, 0.4) is 0 Å². The summed E-state index contributed by atoms with van der Waals surface area (Å²) in [7, 11) is 0. The van der Waals surface area contributed by atoms with Gasteiger partial charge in [0.1, 0.15) is 6.61 Å². The average molecular weight is 481 g/mol. The highest BCUT2D eigenvalue weighted by Gasteiger charge is 2.28. The Hall–Kier alpha value is -2.60. The van der Waals surface area contributed by atoms with Gasteiger partial charge in [-0.1, -0.05) is 78.9 Å². The minimum atomic E-state index is -0.394. The first-order chi connectivity index (χ1) is 13.7.